The Labute approximate surface area is 172 Å². The van der Waals surface area contributed by atoms with Gasteiger partial charge in [0, 0.05) is 11.6 Å². The average Bonchev–Trinajstić information content (AvgIpc) is 2.56. The second kappa shape index (κ2) is 7.37. The maximum absolute atomic E-state index is 13.2. The van der Waals surface area contributed by atoms with E-state index in [1.165, 1.54) is 12.1 Å². The summed E-state index contributed by atoms with van der Waals surface area (Å²) in [7, 11) is 0. The van der Waals surface area contributed by atoms with E-state index >= 15 is 0 Å². The van der Waals surface area contributed by atoms with Crippen molar-refractivity contribution in [1.82, 2.24) is 0 Å². The van der Waals surface area contributed by atoms with Gasteiger partial charge in [0.15, 0.2) is 5.75 Å². The number of fused-ring (bicyclic) bond motifs is 1. The van der Waals surface area contributed by atoms with Crippen LogP contribution in [-0.4, -0.2) is 23.4 Å². The first-order chi connectivity index (χ1) is 12.6. The zero-order valence-electron chi connectivity index (χ0n) is 13.0. The Morgan fingerprint density at radius 1 is 1.22 bits per heavy atom. The number of para-hydroxylation sites is 1. The Morgan fingerprint density at radius 2 is 1.85 bits per heavy atom. The maximum Gasteiger partial charge on any atom is 0.430 e. The van der Waals surface area contributed by atoms with Gasteiger partial charge in [0.25, 0.3) is 0 Å². The molecular formula is C17H8Br2ClF3O4. The highest BCUT2D eigenvalue weighted by Crippen LogP contribution is 2.44. The van der Waals surface area contributed by atoms with Gasteiger partial charge in [-0.15, -0.1) is 0 Å². The molecule has 0 radical (unpaired) electrons. The Hall–Kier alpha value is -1.71. The summed E-state index contributed by atoms with van der Waals surface area (Å²) >= 11 is 12.8. The van der Waals surface area contributed by atoms with Crippen LogP contribution in [0.3, 0.4) is 0 Å². The van der Waals surface area contributed by atoms with E-state index in [0.29, 0.717) is 14.7 Å². The van der Waals surface area contributed by atoms with Crippen molar-refractivity contribution >= 4 is 55.5 Å². The summed E-state index contributed by atoms with van der Waals surface area (Å²) in [6, 6.07) is 7.66. The van der Waals surface area contributed by atoms with Gasteiger partial charge in [-0.2, -0.15) is 13.2 Å². The van der Waals surface area contributed by atoms with Crippen LogP contribution < -0.4 is 9.47 Å². The van der Waals surface area contributed by atoms with Crippen LogP contribution in [0.5, 0.6) is 17.2 Å². The van der Waals surface area contributed by atoms with Gasteiger partial charge >= 0.3 is 12.1 Å². The van der Waals surface area contributed by atoms with Crippen molar-refractivity contribution in [2.75, 3.05) is 0 Å². The van der Waals surface area contributed by atoms with Gasteiger partial charge in [-0.1, -0.05) is 17.7 Å². The molecule has 0 aliphatic carbocycles. The standard InChI is InChI=1S/C17H8Br2ClF3O4/c18-9-2-1-3-10(19)14(9)26-13-6-12-7(5-11(13)20)4-8(16(24)25)15(27-12)17(21,22)23/h1-6,15H,(H,24,25). The number of alkyl halides is 3. The van der Waals surface area contributed by atoms with E-state index in [2.05, 4.69) is 31.9 Å². The molecule has 1 unspecified atom stereocenters. The van der Waals surface area contributed by atoms with Crippen molar-refractivity contribution < 1.29 is 32.5 Å². The molecule has 1 aliphatic heterocycles. The molecule has 4 nitrogen and oxygen atoms in total. The summed E-state index contributed by atoms with van der Waals surface area (Å²) < 4.78 is 51.4. The van der Waals surface area contributed by atoms with Gasteiger partial charge in [0.2, 0.25) is 6.10 Å². The first kappa shape index (κ1) is 20.0. The summed E-state index contributed by atoms with van der Waals surface area (Å²) in [4.78, 5) is 11.2. The molecular weight excluding hydrogens is 520 g/mol. The SMILES string of the molecule is O=C(O)C1=Cc2cc(Cl)c(Oc3c(Br)cccc3Br)cc2OC1C(F)(F)F. The van der Waals surface area contributed by atoms with Crippen LogP contribution in [0.2, 0.25) is 5.02 Å². The van der Waals surface area contributed by atoms with Crippen molar-refractivity contribution in [3.8, 4) is 17.2 Å². The number of aliphatic carboxylic acids is 1. The zero-order valence-corrected chi connectivity index (χ0v) is 16.9. The van der Waals surface area contributed by atoms with E-state index in [1.807, 2.05) is 0 Å². The molecule has 142 valence electrons. The van der Waals surface area contributed by atoms with Crippen LogP contribution in [0.4, 0.5) is 13.2 Å². The molecule has 3 rings (SSSR count). The summed E-state index contributed by atoms with van der Waals surface area (Å²) in [5.41, 5.74) is -0.815. The lowest BCUT2D eigenvalue weighted by molar-refractivity contribution is -0.187. The number of halogens is 6. The van der Waals surface area contributed by atoms with Crippen molar-refractivity contribution in [2.45, 2.75) is 12.3 Å². The molecule has 2 aromatic rings. The second-order valence-corrected chi connectivity index (χ2v) is 7.53. The van der Waals surface area contributed by atoms with Crippen LogP contribution in [-0.2, 0) is 4.79 Å². The Morgan fingerprint density at radius 3 is 2.41 bits per heavy atom. The highest BCUT2D eigenvalue weighted by Gasteiger charge is 2.48. The Balaban J connectivity index is 2.05. The van der Waals surface area contributed by atoms with E-state index in [0.717, 1.165) is 6.08 Å². The summed E-state index contributed by atoms with van der Waals surface area (Å²) in [5, 5.41) is 9.14. The van der Waals surface area contributed by atoms with Crippen molar-refractivity contribution in [3.05, 3.63) is 55.4 Å². The topological polar surface area (TPSA) is 55.8 Å². The number of carbonyl (C=O) groups is 1. The second-order valence-electron chi connectivity index (χ2n) is 5.42. The molecule has 1 atom stereocenters. The fraction of sp³-hybridized carbons (Fsp3) is 0.118. The molecule has 0 fully saturated rings. The third kappa shape index (κ3) is 4.09. The fourth-order valence-electron chi connectivity index (χ4n) is 2.38. The fourth-order valence-corrected chi connectivity index (χ4v) is 3.75. The molecule has 0 bridgehead atoms. The van der Waals surface area contributed by atoms with Gasteiger partial charge in [-0.25, -0.2) is 4.79 Å². The zero-order chi connectivity index (χ0) is 19.9. The molecule has 0 aromatic heterocycles. The minimum absolute atomic E-state index is 0.0520. The predicted octanol–water partition coefficient (Wildman–Crippen LogP) is 6.45. The van der Waals surface area contributed by atoms with Gasteiger partial charge in [0.05, 0.1) is 19.5 Å². The van der Waals surface area contributed by atoms with Crippen molar-refractivity contribution in [3.63, 3.8) is 0 Å². The summed E-state index contributed by atoms with van der Waals surface area (Å²) in [6.45, 7) is 0. The minimum atomic E-state index is -4.89. The predicted molar refractivity (Wildman–Crippen MR) is 99.5 cm³/mol. The number of carboxylic acid groups (broad SMARTS) is 1. The van der Waals surface area contributed by atoms with Crippen LogP contribution in [0.15, 0.2) is 44.9 Å². The number of carboxylic acids is 1. The lowest BCUT2D eigenvalue weighted by atomic mass is 10.0. The van der Waals surface area contributed by atoms with Crippen molar-refractivity contribution in [1.29, 1.82) is 0 Å². The highest BCUT2D eigenvalue weighted by molar-refractivity contribution is 9.11. The molecule has 10 heteroatoms. The lowest BCUT2D eigenvalue weighted by Crippen LogP contribution is -2.40. The molecule has 1 heterocycles. The summed E-state index contributed by atoms with van der Waals surface area (Å²) in [5.74, 6) is -1.50. The van der Waals surface area contributed by atoms with Gasteiger partial charge in [-0.05, 0) is 56.1 Å². The van der Waals surface area contributed by atoms with E-state index in [1.54, 1.807) is 18.2 Å². The number of hydrogen-bond donors (Lipinski definition) is 1. The van der Waals surface area contributed by atoms with Gasteiger partial charge < -0.3 is 14.6 Å². The smallest absolute Gasteiger partial charge is 0.430 e. The highest BCUT2D eigenvalue weighted by atomic mass is 79.9. The van der Waals surface area contributed by atoms with Crippen LogP contribution in [0.25, 0.3) is 6.08 Å². The molecule has 0 amide bonds. The first-order valence-corrected chi connectivity index (χ1v) is 9.18. The minimum Gasteiger partial charge on any atom is -0.478 e. The van der Waals surface area contributed by atoms with Crippen LogP contribution >= 0.6 is 43.5 Å². The van der Waals surface area contributed by atoms with E-state index in [-0.39, 0.29) is 22.1 Å². The lowest BCUT2D eigenvalue weighted by Gasteiger charge is -2.27. The molecule has 1 aliphatic rings. The van der Waals surface area contributed by atoms with Gasteiger partial charge in [-0.3, -0.25) is 0 Å². The third-order valence-electron chi connectivity index (χ3n) is 3.58. The number of rotatable bonds is 3. The number of benzene rings is 2. The van der Waals surface area contributed by atoms with E-state index < -0.39 is 23.8 Å². The molecule has 1 N–H and O–H groups in total. The molecule has 0 saturated carbocycles. The average molecular weight is 529 g/mol. The van der Waals surface area contributed by atoms with Crippen LogP contribution in [0.1, 0.15) is 5.56 Å². The monoisotopic (exact) mass is 526 g/mol. The van der Waals surface area contributed by atoms with Crippen molar-refractivity contribution in [2.24, 2.45) is 0 Å². The van der Waals surface area contributed by atoms with Crippen LogP contribution in [0, 0.1) is 0 Å². The largest absolute Gasteiger partial charge is 0.478 e. The van der Waals surface area contributed by atoms with Gasteiger partial charge in [0.1, 0.15) is 11.5 Å². The Kier molecular flexibility index (Phi) is 5.47. The number of hydrogen-bond acceptors (Lipinski definition) is 3. The first-order valence-electron chi connectivity index (χ1n) is 7.21. The maximum atomic E-state index is 13.2. The third-order valence-corrected chi connectivity index (χ3v) is 5.12. The Bertz CT molecular complexity index is 940. The summed E-state index contributed by atoms with van der Waals surface area (Å²) in [6.07, 6.45) is -6.59. The molecule has 27 heavy (non-hydrogen) atoms. The number of ether oxygens (including phenoxy) is 2. The molecule has 0 spiro atoms. The van der Waals surface area contributed by atoms with E-state index in [9.17, 15) is 18.0 Å². The molecule has 2 aromatic carbocycles. The normalized spacial score (nSPS) is 16.2. The molecule has 0 saturated heterocycles. The van der Waals surface area contributed by atoms with E-state index in [4.69, 9.17) is 26.2 Å². The quantitative estimate of drug-likeness (QED) is 0.498.